The van der Waals surface area contributed by atoms with Gasteiger partial charge in [0.25, 0.3) is 0 Å². The van der Waals surface area contributed by atoms with Crippen molar-refractivity contribution >= 4 is 17.3 Å². The van der Waals surface area contributed by atoms with E-state index >= 15 is 0 Å². The summed E-state index contributed by atoms with van der Waals surface area (Å²) in [5, 5.41) is 6.00. The molecule has 33 heavy (non-hydrogen) atoms. The standard InChI is InChI=1S/C26H30N2O5/c1-2-30-15-16-33-25-14-7-6-13-24(25)27-20-26(29)28-21-9-8-12-23(19-21)32-18-17-31-22-10-4-3-5-11-22/h3-14,19,27H,2,15-18,20H2,1H3,(H,28,29). The SMILES string of the molecule is CCOCCOc1ccccc1NCC(=O)Nc1cccc(OCCOc2ccccc2)c1. The average molecular weight is 451 g/mol. The fourth-order valence-corrected chi connectivity index (χ4v) is 2.97. The number of ether oxygens (including phenoxy) is 4. The number of hydrogen-bond donors (Lipinski definition) is 2. The minimum absolute atomic E-state index is 0.0990. The summed E-state index contributed by atoms with van der Waals surface area (Å²) in [4.78, 5) is 12.4. The van der Waals surface area contributed by atoms with Gasteiger partial charge in [-0.3, -0.25) is 4.79 Å². The van der Waals surface area contributed by atoms with E-state index < -0.39 is 0 Å². The molecule has 174 valence electrons. The third-order valence-corrected chi connectivity index (χ3v) is 4.50. The second-order valence-corrected chi connectivity index (χ2v) is 6.98. The van der Waals surface area contributed by atoms with Crippen molar-refractivity contribution in [3.63, 3.8) is 0 Å². The molecular formula is C26H30N2O5. The van der Waals surface area contributed by atoms with Crippen LogP contribution in [0.15, 0.2) is 78.9 Å². The zero-order valence-corrected chi connectivity index (χ0v) is 18.8. The summed E-state index contributed by atoms with van der Waals surface area (Å²) < 4.78 is 22.4. The number of amides is 1. The van der Waals surface area contributed by atoms with Crippen LogP contribution in [0.5, 0.6) is 17.2 Å². The number of carbonyl (C=O) groups excluding carboxylic acids is 1. The molecule has 0 aliphatic heterocycles. The van der Waals surface area contributed by atoms with Crippen LogP contribution in [0.25, 0.3) is 0 Å². The molecule has 7 nitrogen and oxygen atoms in total. The van der Waals surface area contributed by atoms with Gasteiger partial charge in [-0.2, -0.15) is 0 Å². The van der Waals surface area contributed by atoms with Crippen molar-refractivity contribution in [2.45, 2.75) is 6.92 Å². The van der Waals surface area contributed by atoms with Crippen LogP contribution in [0.2, 0.25) is 0 Å². The highest BCUT2D eigenvalue weighted by Gasteiger charge is 2.07. The first kappa shape index (κ1) is 23.9. The van der Waals surface area contributed by atoms with Crippen LogP contribution in [0, 0.1) is 0 Å². The van der Waals surface area contributed by atoms with Gasteiger partial charge in [0, 0.05) is 18.4 Å². The first-order valence-corrected chi connectivity index (χ1v) is 11.0. The summed E-state index contributed by atoms with van der Waals surface area (Å²) in [5.74, 6) is 1.96. The molecule has 0 aromatic heterocycles. The first-order chi connectivity index (χ1) is 16.2. The lowest BCUT2D eigenvalue weighted by Crippen LogP contribution is -2.22. The zero-order valence-electron chi connectivity index (χ0n) is 18.8. The van der Waals surface area contributed by atoms with Gasteiger partial charge < -0.3 is 29.6 Å². The number of nitrogens with one attached hydrogen (secondary N) is 2. The van der Waals surface area contributed by atoms with E-state index in [0.29, 0.717) is 50.2 Å². The van der Waals surface area contributed by atoms with E-state index in [-0.39, 0.29) is 12.5 Å². The van der Waals surface area contributed by atoms with Crippen molar-refractivity contribution < 1.29 is 23.7 Å². The smallest absolute Gasteiger partial charge is 0.243 e. The van der Waals surface area contributed by atoms with Gasteiger partial charge in [0.05, 0.1) is 18.8 Å². The van der Waals surface area contributed by atoms with Gasteiger partial charge >= 0.3 is 0 Å². The number of anilines is 2. The van der Waals surface area contributed by atoms with E-state index in [4.69, 9.17) is 18.9 Å². The van der Waals surface area contributed by atoms with Crippen molar-refractivity contribution in [1.82, 2.24) is 0 Å². The molecule has 3 aromatic carbocycles. The summed E-state index contributed by atoms with van der Waals surface area (Å²) in [6.07, 6.45) is 0. The molecule has 0 unspecified atom stereocenters. The molecule has 0 aliphatic carbocycles. The quantitative estimate of drug-likeness (QED) is 0.349. The van der Waals surface area contributed by atoms with Crippen molar-refractivity contribution in [2.75, 3.05) is 50.2 Å². The van der Waals surface area contributed by atoms with E-state index in [1.165, 1.54) is 0 Å². The lowest BCUT2D eigenvalue weighted by atomic mass is 10.3. The summed E-state index contributed by atoms with van der Waals surface area (Å²) in [7, 11) is 0. The average Bonchev–Trinajstić information content (AvgIpc) is 2.85. The Hall–Kier alpha value is -3.71. The van der Waals surface area contributed by atoms with Gasteiger partial charge in [-0.05, 0) is 43.3 Å². The van der Waals surface area contributed by atoms with Gasteiger partial charge in [0.1, 0.15) is 37.1 Å². The molecule has 0 radical (unpaired) electrons. The summed E-state index contributed by atoms with van der Waals surface area (Å²) in [6, 6.07) is 24.3. The van der Waals surface area contributed by atoms with Gasteiger partial charge in [0.2, 0.25) is 5.91 Å². The summed E-state index contributed by atoms with van der Waals surface area (Å²) >= 11 is 0. The van der Waals surface area contributed by atoms with E-state index in [1.54, 1.807) is 6.07 Å². The predicted molar refractivity (Wildman–Crippen MR) is 129 cm³/mol. The maximum Gasteiger partial charge on any atom is 0.243 e. The predicted octanol–water partition coefficient (Wildman–Crippen LogP) is 4.61. The van der Waals surface area contributed by atoms with Crippen LogP contribution in [0.1, 0.15) is 6.92 Å². The molecule has 0 heterocycles. The molecule has 7 heteroatoms. The number of rotatable bonds is 14. The van der Waals surface area contributed by atoms with Gasteiger partial charge in [-0.1, -0.05) is 36.4 Å². The molecule has 3 aromatic rings. The van der Waals surface area contributed by atoms with E-state index in [0.717, 1.165) is 11.4 Å². The Balaban J connectivity index is 1.42. The minimum atomic E-state index is -0.177. The highest BCUT2D eigenvalue weighted by molar-refractivity contribution is 5.94. The molecule has 0 saturated heterocycles. The highest BCUT2D eigenvalue weighted by Crippen LogP contribution is 2.23. The van der Waals surface area contributed by atoms with Crippen molar-refractivity contribution in [3.8, 4) is 17.2 Å². The molecule has 3 rings (SSSR count). The molecule has 0 aliphatic rings. The lowest BCUT2D eigenvalue weighted by Gasteiger charge is -2.13. The summed E-state index contributed by atoms with van der Waals surface area (Å²) in [6.45, 7) is 4.48. The topological polar surface area (TPSA) is 78.1 Å². The Kier molecular flexibility index (Phi) is 9.90. The molecule has 0 saturated carbocycles. The van der Waals surface area contributed by atoms with Crippen molar-refractivity contribution in [3.05, 3.63) is 78.9 Å². The van der Waals surface area contributed by atoms with Crippen LogP contribution in [-0.4, -0.2) is 45.5 Å². The Labute approximate surface area is 194 Å². The van der Waals surface area contributed by atoms with E-state index in [9.17, 15) is 4.79 Å². The van der Waals surface area contributed by atoms with E-state index in [2.05, 4.69) is 10.6 Å². The summed E-state index contributed by atoms with van der Waals surface area (Å²) in [5.41, 5.74) is 1.41. The fraction of sp³-hybridized carbons (Fsp3) is 0.269. The van der Waals surface area contributed by atoms with Crippen LogP contribution in [0.3, 0.4) is 0 Å². The molecule has 0 spiro atoms. The lowest BCUT2D eigenvalue weighted by molar-refractivity contribution is -0.114. The fourth-order valence-electron chi connectivity index (χ4n) is 2.97. The van der Waals surface area contributed by atoms with Crippen molar-refractivity contribution in [2.24, 2.45) is 0 Å². The Morgan fingerprint density at radius 3 is 2.27 bits per heavy atom. The van der Waals surface area contributed by atoms with E-state index in [1.807, 2.05) is 79.7 Å². The van der Waals surface area contributed by atoms with Crippen LogP contribution in [-0.2, 0) is 9.53 Å². The maximum absolute atomic E-state index is 12.4. The van der Waals surface area contributed by atoms with Gasteiger partial charge in [-0.15, -0.1) is 0 Å². The minimum Gasteiger partial charge on any atom is -0.490 e. The van der Waals surface area contributed by atoms with Gasteiger partial charge in [0.15, 0.2) is 0 Å². The monoisotopic (exact) mass is 450 g/mol. The second-order valence-electron chi connectivity index (χ2n) is 6.98. The Morgan fingerprint density at radius 2 is 1.45 bits per heavy atom. The van der Waals surface area contributed by atoms with Crippen LogP contribution in [0.4, 0.5) is 11.4 Å². The van der Waals surface area contributed by atoms with Crippen LogP contribution >= 0.6 is 0 Å². The number of carbonyl (C=O) groups is 1. The Morgan fingerprint density at radius 1 is 0.758 bits per heavy atom. The normalized spacial score (nSPS) is 10.3. The Bertz CT molecular complexity index is 981. The molecular weight excluding hydrogens is 420 g/mol. The maximum atomic E-state index is 12.4. The second kappa shape index (κ2) is 13.6. The van der Waals surface area contributed by atoms with Gasteiger partial charge in [-0.25, -0.2) is 0 Å². The third-order valence-electron chi connectivity index (χ3n) is 4.50. The third kappa shape index (κ3) is 8.74. The molecule has 2 N–H and O–H groups in total. The molecule has 0 bridgehead atoms. The molecule has 0 fully saturated rings. The highest BCUT2D eigenvalue weighted by atomic mass is 16.5. The van der Waals surface area contributed by atoms with Crippen LogP contribution < -0.4 is 24.8 Å². The largest absolute Gasteiger partial charge is 0.490 e. The molecule has 1 amide bonds. The number of benzene rings is 3. The zero-order chi connectivity index (χ0) is 23.1. The number of para-hydroxylation sites is 3. The van der Waals surface area contributed by atoms with Crippen molar-refractivity contribution in [1.29, 1.82) is 0 Å². The number of hydrogen-bond acceptors (Lipinski definition) is 6. The molecule has 0 atom stereocenters. The first-order valence-electron chi connectivity index (χ1n) is 11.0.